The second kappa shape index (κ2) is 8.57. The molecule has 24 heavy (non-hydrogen) atoms. The summed E-state index contributed by atoms with van der Waals surface area (Å²) in [6, 6.07) is 11.8. The van der Waals surface area contributed by atoms with Crippen LogP contribution in [-0.2, 0) is 4.79 Å². The minimum atomic E-state index is -0.275. The third kappa shape index (κ3) is 5.15. The van der Waals surface area contributed by atoms with Gasteiger partial charge in [0.15, 0.2) is 0 Å². The van der Waals surface area contributed by atoms with Crippen LogP contribution in [0.4, 0.5) is 11.4 Å². The van der Waals surface area contributed by atoms with Gasteiger partial charge in [-0.3, -0.25) is 9.59 Å². The number of halogens is 2. The lowest BCUT2D eigenvalue weighted by Crippen LogP contribution is -2.23. The van der Waals surface area contributed by atoms with Crippen LogP contribution in [0, 0.1) is 0 Å². The van der Waals surface area contributed by atoms with Crippen molar-refractivity contribution in [2.45, 2.75) is 6.92 Å². The van der Waals surface area contributed by atoms with E-state index in [0.29, 0.717) is 33.5 Å². The van der Waals surface area contributed by atoms with E-state index in [2.05, 4.69) is 16.0 Å². The molecule has 0 aliphatic rings. The SMILES string of the molecule is CCNC(=O)c1cccc(NCC(=O)Nc2cc(Cl)ccc2Cl)c1. The monoisotopic (exact) mass is 365 g/mol. The Morgan fingerprint density at radius 3 is 2.62 bits per heavy atom. The van der Waals surface area contributed by atoms with Gasteiger partial charge in [-0.15, -0.1) is 0 Å². The summed E-state index contributed by atoms with van der Waals surface area (Å²) in [5, 5.41) is 9.27. The van der Waals surface area contributed by atoms with Gasteiger partial charge in [-0.1, -0.05) is 29.3 Å². The minimum absolute atomic E-state index is 0.0295. The largest absolute Gasteiger partial charge is 0.376 e. The van der Waals surface area contributed by atoms with Crippen LogP contribution in [0.5, 0.6) is 0 Å². The molecular formula is C17H17Cl2N3O2. The lowest BCUT2D eigenvalue weighted by Gasteiger charge is -2.10. The zero-order chi connectivity index (χ0) is 17.5. The summed E-state index contributed by atoms with van der Waals surface area (Å²) in [7, 11) is 0. The summed E-state index contributed by atoms with van der Waals surface area (Å²) in [5.74, 6) is -0.432. The number of amides is 2. The molecule has 0 radical (unpaired) electrons. The molecule has 0 heterocycles. The highest BCUT2D eigenvalue weighted by Gasteiger charge is 2.08. The van der Waals surface area contributed by atoms with Crippen molar-refractivity contribution in [1.82, 2.24) is 5.32 Å². The Morgan fingerprint density at radius 1 is 1.08 bits per heavy atom. The van der Waals surface area contributed by atoms with E-state index in [0.717, 1.165) is 0 Å². The quantitative estimate of drug-likeness (QED) is 0.729. The van der Waals surface area contributed by atoms with Crippen LogP contribution in [0.2, 0.25) is 10.0 Å². The van der Waals surface area contributed by atoms with Crippen LogP contribution in [0.15, 0.2) is 42.5 Å². The predicted molar refractivity (Wildman–Crippen MR) is 98.0 cm³/mol. The van der Waals surface area contributed by atoms with Crippen LogP contribution >= 0.6 is 23.2 Å². The summed E-state index contributed by atoms with van der Waals surface area (Å²) in [6.07, 6.45) is 0. The van der Waals surface area contributed by atoms with E-state index >= 15 is 0 Å². The number of carbonyl (C=O) groups excluding carboxylic acids is 2. The highest BCUT2D eigenvalue weighted by Crippen LogP contribution is 2.25. The third-order valence-electron chi connectivity index (χ3n) is 3.12. The van der Waals surface area contributed by atoms with Crippen LogP contribution in [0.1, 0.15) is 17.3 Å². The van der Waals surface area contributed by atoms with Crippen molar-refractivity contribution >= 4 is 46.4 Å². The van der Waals surface area contributed by atoms with Crippen LogP contribution in [0.25, 0.3) is 0 Å². The lowest BCUT2D eigenvalue weighted by molar-refractivity contribution is -0.114. The van der Waals surface area contributed by atoms with Crippen molar-refractivity contribution in [3.05, 3.63) is 58.1 Å². The van der Waals surface area contributed by atoms with Gasteiger partial charge in [-0.05, 0) is 43.3 Å². The zero-order valence-corrected chi connectivity index (χ0v) is 14.5. The molecule has 126 valence electrons. The first-order valence-corrected chi connectivity index (χ1v) is 8.12. The lowest BCUT2D eigenvalue weighted by atomic mass is 10.2. The molecule has 0 spiro atoms. The second-order valence-electron chi connectivity index (χ2n) is 4.97. The zero-order valence-electron chi connectivity index (χ0n) is 13.0. The summed E-state index contributed by atoms with van der Waals surface area (Å²) in [6.45, 7) is 2.44. The molecule has 2 aromatic rings. The molecular weight excluding hydrogens is 349 g/mol. The smallest absolute Gasteiger partial charge is 0.251 e. The number of rotatable bonds is 6. The Bertz CT molecular complexity index is 750. The van der Waals surface area contributed by atoms with Crippen LogP contribution in [-0.4, -0.2) is 24.9 Å². The molecule has 0 unspecified atom stereocenters. The van der Waals surface area contributed by atoms with Crippen LogP contribution < -0.4 is 16.0 Å². The molecule has 3 N–H and O–H groups in total. The van der Waals surface area contributed by atoms with E-state index in [1.54, 1.807) is 42.5 Å². The second-order valence-corrected chi connectivity index (χ2v) is 5.81. The fraction of sp³-hybridized carbons (Fsp3) is 0.176. The van der Waals surface area contributed by atoms with Crippen molar-refractivity contribution < 1.29 is 9.59 Å². The Hall–Kier alpha value is -2.24. The molecule has 2 rings (SSSR count). The number of anilines is 2. The average molecular weight is 366 g/mol. The molecule has 0 saturated heterocycles. The third-order valence-corrected chi connectivity index (χ3v) is 3.68. The molecule has 5 nitrogen and oxygen atoms in total. The van der Waals surface area contributed by atoms with Crippen molar-refractivity contribution in [1.29, 1.82) is 0 Å². The molecule has 0 aromatic heterocycles. The van der Waals surface area contributed by atoms with Gasteiger partial charge in [0.2, 0.25) is 5.91 Å². The highest BCUT2D eigenvalue weighted by atomic mass is 35.5. The normalized spacial score (nSPS) is 10.1. The predicted octanol–water partition coefficient (Wildman–Crippen LogP) is 3.79. The van der Waals surface area contributed by atoms with Crippen LogP contribution in [0.3, 0.4) is 0 Å². The summed E-state index contributed by atoms with van der Waals surface area (Å²) in [4.78, 5) is 23.8. The van der Waals surface area contributed by atoms with E-state index in [1.807, 2.05) is 6.92 Å². The van der Waals surface area contributed by atoms with Gasteiger partial charge in [0.05, 0.1) is 17.3 Å². The minimum Gasteiger partial charge on any atom is -0.376 e. The number of hydrogen-bond acceptors (Lipinski definition) is 3. The summed E-state index contributed by atoms with van der Waals surface area (Å²) >= 11 is 11.9. The number of carbonyl (C=O) groups is 2. The molecule has 0 fully saturated rings. The molecule has 0 aliphatic carbocycles. The van der Waals surface area contributed by atoms with Crippen molar-refractivity contribution in [2.24, 2.45) is 0 Å². The Kier molecular flexibility index (Phi) is 6.46. The molecule has 0 bridgehead atoms. The number of hydrogen-bond donors (Lipinski definition) is 3. The van der Waals surface area contributed by atoms with Gasteiger partial charge in [0.1, 0.15) is 0 Å². The van der Waals surface area contributed by atoms with Gasteiger partial charge in [0, 0.05) is 22.8 Å². The first-order valence-electron chi connectivity index (χ1n) is 7.36. The maximum Gasteiger partial charge on any atom is 0.251 e. The van der Waals surface area contributed by atoms with E-state index in [4.69, 9.17) is 23.2 Å². The molecule has 0 saturated carbocycles. The van der Waals surface area contributed by atoms with Crippen molar-refractivity contribution in [2.75, 3.05) is 23.7 Å². The fourth-order valence-corrected chi connectivity index (χ4v) is 2.34. The molecule has 7 heteroatoms. The fourth-order valence-electron chi connectivity index (χ4n) is 2.00. The average Bonchev–Trinajstić information content (AvgIpc) is 2.57. The highest BCUT2D eigenvalue weighted by molar-refractivity contribution is 6.35. The van der Waals surface area contributed by atoms with Gasteiger partial charge < -0.3 is 16.0 Å². The Labute approximate surface area is 150 Å². The van der Waals surface area contributed by atoms with Crippen molar-refractivity contribution in [3.8, 4) is 0 Å². The van der Waals surface area contributed by atoms with Gasteiger partial charge in [-0.2, -0.15) is 0 Å². The Balaban J connectivity index is 1.95. The van der Waals surface area contributed by atoms with E-state index in [1.165, 1.54) is 0 Å². The van der Waals surface area contributed by atoms with Gasteiger partial charge in [0.25, 0.3) is 5.91 Å². The summed E-state index contributed by atoms with van der Waals surface area (Å²) < 4.78 is 0. The van der Waals surface area contributed by atoms with Gasteiger partial charge in [-0.25, -0.2) is 0 Å². The maximum atomic E-state index is 12.0. The number of benzene rings is 2. The number of nitrogens with one attached hydrogen (secondary N) is 3. The topological polar surface area (TPSA) is 70.2 Å². The molecule has 0 atom stereocenters. The molecule has 2 amide bonds. The van der Waals surface area contributed by atoms with E-state index < -0.39 is 0 Å². The van der Waals surface area contributed by atoms with E-state index in [9.17, 15) is 9.59 Å². The first kappa shape index (κ1) is 18.1. The van der Waals surface area contributed by atoms with E-state index in [-0.39, 0.29) is 18.4 Å². The molecule has 2 aromatic carbocycles. The van der Waals surface area contributed by atoms with Gasteiger partial charge >= 0.3 is 0 Å². The summed E-state index contributed by atoms with van der Waals surface area (Å²) in [5.41, 5.74) is 1.65. The molecule has 0 aliphatic heterocycles. The Morgan fingerprint density at radius 2 is 1.88 bits per heavy atom. The first-order chi connectivity index (χ1) is 11.5. The van der Waals surface area contributed by atoms with Crippen molar-refractivity contribution in [3.63, 3.8) is 0 Å². The standard InChI is InChI=1S/C17H17Cl2N3O2/c1-2-20-17(24)11-4-3-5-13(8-11)21-10-16(23)22-15-9-12(18)6-7-14(15)19/h3-9,21H,2,10H2,1H3,(H,20,24)(H,22,23). The maximum absolute atomic E-state index is 12.0.